The maximum absolute atomic E-state index is 12.7. The molecular weight excluding hydrogens is 428 g/mol. The van der Waals surface area contributed by atoms with Gasteiger partial charge in [0.25, 0.3) is 5.89 Å². The predicted octanol–water partition coefficient (Wildman–Crippen LogP) is 4.32. The lowest BCUT2D eigenvalue weighted by molar-refractivity contribution is -0.117. The summed E-state index contributed by atoms with van der Waals surface area (Å²) >= 11 is 7.66. The number of rotatable bonds is 10. The third kappa shape index (κ3) is 5.50. The summed E-state index contributed by atoms with van der Waals surface area (Å²) in [7, 11) is 3.02. The maximum Gasteiger partial charge on any atom is 0.257 e. The van der Waals surface area contributed by atoms with Gasteiger partial charge in [-0.1, -0.05) is 24.6 Å². The van der Waals surface area contributed by atoms with Crippen molar-refractivity contribution in [3.63, 3.8) is 0 Å². The van der Waals surface area contributed by atoms with Crippen LogP contribution in [-0.2, 0) is 11.3 Å². The molecule has 8 nitrogen and oxygen atoms in total. The van der Waals surface area contributed by atoms with Gasteiger partial charge in [-0.15, -0.1) is 21.5 Å². The van der Waals surface area contributed by atoms with E-state index < -0.39 is 0 Å². The van der Waals surface area contributed by atoms with Crippen molar-refractivity contribution in [2.45, 2.75) is 19.9 Å². The highest BCUT2D eigenvalue weighted by Crippen LogP contribution is 2.35. The third-order valence-electron chi connectivity index (χ3n) is 4.21. The Hall–Kier alpha value is -2.62. The first-order valence-corrected chi connectivity index (χ1v) is 10.6. The lowest BCUT2D eigenvalue weighted by atomic mass is 10.2. The highest BCUT2D eigenvalue weighted by atomic mass is 35.5. The van der Waals surface area contributed by atoms with Gasteiger partial charge in [0.15, 0.2) is 0 Å². The summed E-state index contributed by atoms with van der Waals surface area (Å²) in [6, 6.07) is 7.09. The molecule has 0 aliphatic rings. The minimum atomic E-state index is -0.205. The molecule has 0 spiro atoms. The van der Waals surface area contributed by atoms with Gasteiger partial charge in [0.1, 0.15) is 11.5 Å². The smallest absolute Gasteiger partial charge is 0.257 e. The Morgan fingerprint density at radius 2 is 2.07 bits per heavy atom. The van der Waals surface area contributed by atoms with Gasteiger partial charge in [-0.3, -0.25) is 9.69 Å². The molecule has 30 heavy (non-hydrogen) atoms. The first kappa shape index (κ1) is 22.1. The van der Waals surface area contributed by atoms with E-state index in [1.807, 2.05) is 29.3 Å². The second-order valence-corrected chi connectivity index (χ2v) is 7.78. The Bertz CT molecular complexity index is 977. The van der Waals surface area contributed by atoms with Gasteiger partial charge in [-0.25, -0.2) is 0 Å². The van der Waals surface area contributed by atoms with Crippen molar-refractivity contribution in [3.05, 3.63) is 40.6 Å². The summed E-state index contributed by atoms with van der Waals surface area (Å²) in [5.74, 6) is 1.65. The van der Waals surface area contributed by atoms with Crippen LogP contribution in [0.1, 0.15) is 19.2 Å². The van der Waals surface area contributed by atoms with Gasteiger partial charge in [0, 0.05) is 12.1 Å². The number of benzene rings is 1. The summed E-state index contributed by atoms with van der Waals surface area (Å²) in [6.45, 7) is 3.27. The van der Waals surface area contributed by atoms with Gasteiger partial charge in [-0.05, 0) is 24.4 Å². The van der Waals surface area contributed by atoms with Crippen LogP contribution in [0.25, 0.3) is 10.8 Å². The second kappa shape index (κ2) is 10.4. The van der Waals surface area contributed by atoms with Crippen molar-refractivity contribution in [3.8, 4) is 22.3 Å². The van der Waals surface area contributed by atoms with Crippen LogP contribution in [0.3, 0.4) is 0 Å². The molecule has 3 rings (SSSR count). The summed E-state index contributed by atoms with van der Waals surface area (Å²) in [5, 5.41) is 13.4. The van der Waals surface area contributed by atoms with Crippen LogP contribution in [0.5, 0.6) is 11.5 Å². The van der Waals surface area contributed by atoms with Crippen LogP contribution in [-0.4, -0.2) is 48.3 Å². The molecule has 3 aromatic rings. The van der Waals surface area contributed by atoms with E-state index in [9.17, 15) is 4.79 Å². The number of carbonyl (C=O) groups is 1. The number of ether oxygens (including phenoxy) is 2. The van der Waals surface area contributed by atoms with Crippen LogP contribution in [0, 0.1) is 0 Å². The molecule has 0 saturated carbocycles. The molecule has 1 aromatic carbocycles. The van der Waals surface area contributed by atoms with Crippen molar-refractivity contribution >= 4 is 34.5 Å². The fourth-order valence-corrected chi connectivity index (χ4v) is 3.76. The van der Waals surface area contributed by atoms with Gasteiger partial charge in [0.2, 0.25) is 11.8 Å². The van der Waals surface area contributed by atoms with Gasteiger partial charge >= 0.3 is 0 Å². The zero-order valence-electron chi connectivity index (χ0n) is 17.0. The highest BCUT2D eigenvalue weighted by molar-refractivity contribution is 7.13. The molecule has 2 heterocycles. The van der Waals surface area contributed by atoms with Crippen LogP contribution in [0.4, 0.5) is 5.69 Å². The van der Waals surface area contributed by atoms with E-state index in [4.69, 9.17) is 25.5 Å². The highest BCUT2D eigenvalue weighted by Gasteiger charge is 2.18. The molecule has 0 saturated heterocycles. The SMILES string of the molecule is CCCN(CC(=O)Nc1cc(OC)c(Cl)cc1OC)Cc1nnc(-c2cccs2)o1. The molecule has 0 radical (unpaired) electrons. The van der Waals surface area contributed by atoms with E-state index in [1.165, 1.54) is 25.6 Å². The number of nitrogens with zero attached hydrogens (tertiary/aromatic N) is 3. The molecule has 10 heteroatoms. The Labute approximate surface area is 183 Å². The molecule has 160 valence electrons. The van der Waals surface area contributed by atoms with Crippen LogP contribution >= 0.6 is 22.9 Å². The Morgan fingerprint density at radius 1 is 1.27 bits per heavy atom. The topological polar surface area (TPSA) is 89.7 Å². The molecule has 0 aliphatic carbocycles. The summed E-state index contributed by atoms with van der Waals surface area (Å²) in [5.41, 5.74) is 0.484. The largest absolute Gasteiger partial charge is 0.495 e. The van der Waals surface area contributed by atoms with Crippen molar-refractivity contribution in [1.29, 1.82) is 0 Å². The first-order chi connectivity index (χ1) is 14.5. The molecule has 1 amide bonds. The van der Waals surface area contributed by atoms with E-state index >= 15 is 0 Å². The Kier molecular flexibility index (Phi) is 7.67. The standard InChI is InChI=1S/C20H23ClN4O4S/c1-4-7-25(12-19-23-24-20(29-19)17-6-5-8-30-17)11-18(26)22-14-10-15(27-2)13(21)9-16(14)28-3/h5-6,8-10H,4,7,11-12H2,1-3H3,(H,22,26). The number of thiophene rings is 1. The zero-order chi connectivity index (χ0) is 21.5. The number of hydrogen-bond donors (Lipinski definition) is 1. The quantitative estimate of drug-likeness (QED) is 0.492. The zero-order valence-corrected chi connectivity index (χ0v) is 18.5. The average Bonchev–Trinajstić information content (AvgIpc) is 3.41. The van der Waals surface area contributed by atoms with E-state index in [0.29, 0.717) is 47.1 Å². The average molecular weight is 451 g/mol. The Balaban J connectivity index is 1.67. The van der Waals surface area contributed by atoms with Crippen LogP contribution in [0.2, 0.25) is 5.02 Å². The molecular formula is C20H23ClN4O4S. The number of methoxy groups -OCH3 is 2. The van der Waals surface area contributed by atoms with Crippen molar-refractivity contribution < 1.29 is 18.7 Å². The van der Waals surface area contributed by atoms with E-state index in [0.717, 1.165) is 11.3 Å². The van der Waals surface area contributed by atoms with E-state index in [1.54, 1.807) is 12.1 Å². The summed E-state index contributed by atoms with van der Waals surface area (Å²) < 4.78 is 16.3. The Morgan fingerprint density at radius 3 is 2.73 bits per heavy atom. The van der Waals surface area contributed by atoms with Gasteiger partial charge < -0.3 is 19.2 Å². The van der Waals surface area contributed by atoms with E-state index in [-0.39, 0.29) is 12.5 Å². The number of amides is 1. The van der Waals surface area contributed by atoms with Crippen molar-refractivity contribution in [1.82, 2.24) is 15.1 Å². The van der Waals surface area contributed by atoms with Crippen LogP contribution < -0.4 is 14.8 Å². The lowest BCUT2D eigenvalue weighted by Crippen LogP contribution is -2.33. The van der Waals surface area contributed by atoms with Crippen molar-refractivity contribution in [2.75, 3.05) is 32.6 Å². The van der Waals surface area contributed by atoms with Crippen LogP contribution in [0.15, 0.2) is 34.1 Å². The molecule has 0 unspecified atom stereocenters. The number of halogens is 1. The first-order valence-electron chi connectivity index (χ1n) is 9.34. The number of carbonyl (C=O) groups excluding carboxylic acids is 1. The maximum atomic E-state index is 12.7. The molecule has 0 bridgehead atoms. The molecule has 0 fully saturated rings. The third-order valence-corrected chi connectivity index (χ3v) is 5.37. The predicted molar refractivity (Wildman–Crippen MR) is 116 cm³/mol. The minimum absolute atomic E-state index is 0.151. The number of anilines is 1. The molecule has 0 atom stereocenters. The lowest BCUT2D eigenvalue weighted by Gasteiger charge is -2.20. The molecule has 0 aliphatic heterocycles. The monoisotopic (exact) mass is 450 g/mol. The number of hydrogen-bond acceptors (Lipinski definition) is 8. The second-order valence-electron chi connectivity index (χ2n) is 6.42. The molecule has 1 N–H and O–H groups in total. The minimum Gasteiger partial charge on any atom is -0.495 e. The normalized spacial score (nSPS) is 11.0. The fraction of sp³-hybridized carbons (Fsp3) is 0.350. The van der Waals surface area contributed by atoms with E-state index in [2.05, 4.69) is 15.5 Å². The number of nitrogens with one attached hydrogen (secondary N) is 1. The molecule has 2 aromatic heterocycles. The number of aromatic nitrogens is 2. The summed E-state index contributed by atoms with van der Waals surface area (Å²) in [4.78, 5) is 15.5. The van der Waals surface area contributed by atoms with Crippen molar-refractivity contribution in [2.24, 2.45) is 0 Å². The fourth-order valence-electron chi connectivity index (χ4n) is 2.89. The van der Waals surface area contributed by atoms with Gasteiger partial charge in [-0.2, -0.15) is 0 Å². The van der Waals surface area contributed by atoms with Gasteiger partial charge in [0.05, 0.1) is 42.9 Å². The summed E-state index contributed by atoms with van der Waals surface area (Å²) in [6.07, 6.45) is 0.872.